The number of carbonyl (C=O) groups excluding carboxylic acids is 1. The quantitative estimate of drug-likeness (QED) is 0.858. The Kier molecular flexibility index (Phi) is 4.83. The minimum absolute atomic E-state index is 0.209. The van der Waals surface area contributed by atoms with Crippen LogP contribution < -0.4 is 0 Å². The van der Waals surface area contributed by atoms with Crippen molar-refractivity contribution in [1.29, 1.82) is 0 Å². The second kappa shape index (κ2) is 6.43. The molecule has 116 valence electrons. The van der Waals surface area contributed by atoms with Gasteiger partial charge in [-0.2, -0.15) is 0 Å². The Bertz CT molecular complexity index is 470. The number of amides is 1. The van der Waals surface area contributed by atoms with Crippen LogP contribution in [0.4, 0.5) is 4.79 Å². The summed E-state index contributed by atoms with van der Waals surface area (Å²) in [5.41, 5.74) is 0.757. The van der Waals surface area contributed by atoms with Crippen LogP contribution in [0.2, 0.25) is 0 Å². The van der Waals surface area contributed by atoms with Crippen LogP contribution in [0.25, 0.3) is 0 Å². The van der Waals surface area contributed by atoms with Gasteiger partial charge in [-0.1, -0.05) is 6.07 Å². The summed E-state index contributed by atoms with van der Waals surface area (Å²) in [6.45, 7) is 8.02. The fourth-order valence-electron chi connectivity index (χ4n) is 2.50. The van der Waals surface area contributed by atoms with Gasteiger partial charge in [-0.05, 0) is 45.9 Å². The third-order valence-electron chi connectivity index (χ3n) is 3.59. The molecule has 1 aliphatic heterocycles. The highest BCUT2D eigenvalue weighted by Crippen LogP contribution is 2.19. The van der Waals surface area contributed by atoms with Crippen LogP contribution in [-0.2, 0) is 11.3 Å². The van der Waals surface area contributed by atoms with E-state index in [4.69, 9.17) is 4.74 Å². The molecular weight excluding hydrogens is 266 g/mol. The van der Waals surface area contributed by atoms with Gasteiger partial charge in [0, 0.05) is 38.1 Å². The van der Waals surface area contributed by atoms with E-state index in [1.807, 2.05) is 33.0 Å². The number of hydrogen-bond donors (Lipinski definition) is 0. The van der Waals surface area contributed by atoms with Crippen molar-refractivity contribution in [3.05, 3.63) is 30.1 Å². The Morgan fingerprint density at radius 2 is 2.29 bits per heavy atom. The molecule has 21 heavy (non-hydrogen) atoms. The molecule has 2 rings (SSSR count). The second-order valence-corrected chi connectivity index (χ2v) is 6.65. The van der Waals surface area contributed by atoms with E-state index in [2.05, 4.69) is 23.0 Å². The summed E-state index contributed by atoms with van der Waals surface area (Å²) in [5.74, 6) is 0. The van der Waals surface area contributed by atoms with Crippen molar-refractivity contribution < 1.29 is 9.53 Å². The van der Waals surface area contributed by atoms with E-state index in [9.17, 15) is 4.79 Å². The Labute approximate surface area is 126 Å². The fraction of sp³-hybridized carbons (Fsp3) is 0.625. The van der Waals surface area contributed by atoms with Crippen LogP contribution >= 0.6 is 0 Å². The lowest BCUT2D eigenvalue weighted by atomic mass is 10.2. The highest BCUT2D eigenvalue weighted by Gasteiger charge is 2.31. The van der Waals surface area contributed by atoms with Crippen molar-refractivity contribution in [3.63, 3.8) is 0 Å². The predicted molar refractivity (Wildman–Crippen MR) is 81.9 cm³/mol. The molecule has 1 atom stereocenters. The molecule has 1 aliphatic rings. The largest absolute Gasteiger partial charge is 0.444 e. The molecule has 1 aromatic heterocycles. The average Bonchev–Trinajstić information content (AvgIpc) is 2.87. The van der Waals surface area contributed by atoms with Gasteiger partial charge < -0.3 is 9.64 Å². The maximum absolute atomic E-state index is 12.1. The van der Waals surface area contributed by atoms with Crippen molar-refractivity contribution in [2.24, 2.45) is 0 Å². The minimum Gasteiger partial charge on any atom is -0.444 e. The van der Waals surface area contributed by atoms with Crippen LogP contribution in [0.5, 0.6) is 0 Å². The zero-order chi connectivity index (χ0) is 15.5. The zero-order valence-electron chi connectivity index (χ0n) is 13.4. The van der Waals surface area contributed by atoms with E-state index in [0.717, 1.165) is 26.1 Å². The monoisotopic (exact) mass is 291 g/mol. The molecule has 0 radical (unpaired) electrons. The van der Waals surface area contributed by atoms with E-state index < -0.39 is 5.60 Å². The van der Waals surface area contributed by atoms with Crippen LogP contribution in [-0.4, -0.2) is 52.7 Å². The van der Waals surface area contributed by atoms with Crippen LogP contribution in [0.3, 0.4) is 0 Å². The van der Waals surface area contributed by atoms with E-state index in [1.54, 1.807) is 11.1 Å². The van der Waals surface area contributed by atoms with Crippen molar-refractivity contribution in [1.82, 2.24) is 14.8 Å². The smallest absolute Gasteiger partial charge is 0.410 e. The van der Waals surface area contributed by atoms with E-state index in [-0.39, 0.29) is 6.09 Å². The lowest BCUT2D eigenvalue weighted by Crippen LogP contribution is -2.38. The van der Waals surface area contributed by atoms with Crippen molar-refractivity contribution >= 4 is 6.09 Å². The summed E-state index contributed by atoms with van der Waals surface area (Å²) < 4.78 is 5.43. The second-order valence-electron chi connectivity index (χ2n) is 6.65. The first kappa shape index (κ1) is 15.8. The number of rotatable bonds is 3. The predicted octanol–water partition coefficient (Wildman–Crippen LogP) is 2.52. The van der Waals surface area contributed by atoms with Gasteiger partial charge in [-0.25, -0.2) is 4.79 Å². The Balaban J connectivity index is 1.86. The topological polar surface area (TPSA) is 45.7 Å². The molecule has 0 spiro atoms. The molecule has 1 saturated heterocycles. The molecule has 5 heteroatoms. The summed E-state index contributed by atoms with van der Waals surface area (Å²) in [5, 5.41) is 0. The van der Waals surface area contributed by atoms with E-state index in [0.29, 0.717) is 6.04 Å². The number of nitrogens with zero attached hydrogens (tertiary/aromatic N) is 3. The number of hydrogen-bond acceptors (Lipinski definition) is 4. The molecule has 1 aromatic rings. The molecule has 1 fully saturated rings. The van der Waals surface area contributed by atoms with Crippen molar-refractivity contribution in [2.75, 3.05) is 20.1 Å². The first-order chi connectivity index (χ1) is 9.85. The molecule has 0 saturated carbocycles. The molecule has 5 nitrogen and oxygen atoms in total. The van der Waals surface area contributed by atoms with Gasteiger partial charge in [0.25, 0.3) is 0 Å². The number of aromatic nitrogens is 1. The van der Waals surface area contributed by atoms with Gasteiger partial charge in [0.1, 0.15) is 5.60 Å². The molecule has 0 aromatic carbocycles. The van der Waals surface area contributed by atoms with Gasteiger partial charge in [0.2, 0.25) is 0 Å². The number of likely N-dealkylation sites (N-methyl/N-ethyl adjacent to an activating group) is 1. The minimum atomic E-state index is -0.434. The maximum atomic E-state index is 12.1. The third kappa shape index (κ3) is 4.70. The average molecular weight is 291 g/mol. The van der Waals surface area contributed by atoms with E-state index in [1.165, 1.54) is 5.56 Å². The van der Waals surface area contributed by atoms with Crippen LogP contribution in [0.15, 0.2) is 24.5 Å². The third-order valence-corrected chi connectivity index (χ3v) is 3.59. The standard InChI is InChI=1S/C16H25N3O2/c1-16(2,3)21-15(20)19-9-7-14(12-19)18(4)11-13-6-5-8-17-10-13/h5-6,8,10,14H,7,9,11-12H2,1-4H3. The molecule has 1 amide bonds. The van der Waals surface area contributed by atoms with Gasteiger partial charge >= 0.3 is 6.09 Å². The summed E-state index contributed by atoms with van der Waals surface area (Å²) in [7, 11) is 2.09. The normalized spacial score (nSPS) is 19.1. The molecule has 0 aliphatic carbocycles. The molecule has 2 heterocycles. The van der Waals surface area contributed by atoms with Crippen LogP contribution in [0, 0.1) is 0 Å². The van der Waals surface area contributed by atoms with Gasteiger partial charge in [-0.3, -0.25) is 9.88 Å². The number of ether oxygens (including phenoxy) is 1. The lowest BCUT2D eigenvalue weighted by Gasteiger charge is -2.26. The van der Waals surface area contributed by atoms with Gasteiger partial charge in [0.05, 0.1) is 0 Å². The number of carbonyl (C=O) groups is 1. The van der Waals surface area contributed by atoms with Crippen molar-refractivity contribution in [2.45, 2.75) is 45.4 Å². The van der Waals surface area contributed by atoms with E-state index >= 15 is 0 Å². The zero-order valence-corrected chi connectivity index (χ0v) is 13.4. The number of pyridine rings is 1. The highest BCUT2D eigenvalue weighted by atomic mass is 16.6. The van der Waals surface area contributed by atoms with Crippen molar-refractivity contribution in [3.8, 4) is 0 Å². The number of likely N-dealkylation sites (tertiary alicyclic amines) is 1. The Morgan fingerprint density at radius 1 is 1.52 bits per heavy atom. The fourth-order valence-corrected chi connectivity index (χ4v) is 2.50. The summed E-state index contributed by atoms with van der Waals surface area (Å²) in [6.07, 6.45) is 4.44. The highest BCUT2D eigenvalue weighted by molar-refractivity contribution is 5.68. The first-order valence-electron chi connectivity index (χ1n) is 7.42. The molecule has 0 bridgehead atoms. The Hall–Kier alpha value is -1.62. The molecule has 1 unspecified atom stereocenters. The molecular formula is C16H25N3O2. The SMILES string of the molecule is CN(Cc1cccnc1)C1CCN(C(=O)OC(C)(C)C)C1. The van der Waals surface area contributed by atoms with Crippen LogP contribution in [0.1, 0.15) is 32.8 Å². The summed E-state index contributed by atoms with van der Waals surface area (Å²) in [6, 6.07) is 4.40. The van der Waals surface area contributed by atoms with Gasteiger partial charge in [0.15, 0.2) is 0 Å². The Morgan fingerprint density at radius 3 is 2.90 bits per heavy atom. The summed E-state index contributed by atoms with van der Waals surface area (Å²) in [4.78, 5) is 20.3. The lowest BCUT2D eigenvalue weighted by molar-refractivity contribution is 0.0282. The van der Waals surface area contributed by atoms with Gasteiger partial charge in [-0.15, -0.1) is 0 Å². The first-order valence-corrected chi connectivity index (χ1v) is 7.42. The summed E-state index contributed by atoms with van der Waals surface area (Å²) >= 11 is 0. The molecule has 0 N–H and O–H groups in total. The maximum Gasteiger partial charge on any atom is 0.410 e.